The summed E-state index contributed by atoms with van der Waals surface area (Å²) in [4.78, 5) is 26.0. The van der Waals surface area contributed by atoms with E-state index in [2.05, 4.69) is 18.9 Å². The van der Waals surface area contributed by atoms with Crippen molar-refractivity contribution < 1.29 is 19.1 Å². The van der Waals surface area contributed by atoms with Gasteiger partial charge in [0.05, 0.1) is 12.7 Å². The summed E-state index contributed by atoms with van der Waals surface area (Å²) in [5.41, 5.74) is 0.303. The standard InChI is InChI=1S/C23H28ClN3O4/c1-14(2)13-30-20-5-4-6-21(22(20)24)31-18-9-16-11-26(12-17(16)10-18)23(29)27-8-7-19(25-27)15(3)28/h4-8,14,16-18H,9-13H2,1-3H3/t16-,17+,18+. The first-order chi connectivity index (χ1) is 14.8. The van der Waals surface area contributed by atoms with E-state index in [1.165, 1.54) is 11.6 Å². The number of likely N-dealkylation sites (tertiary alicyclic amines) is 1. The highest BCUT2D eigenvalue weighted by atomic mass is 35.5. The van der Waals surface area contributed by atoms with Crippen LogP contribution in [0.25, 0.3) is 0 Å². The predicted octanol–water partition coefficient (Wildman–Crippen LogP) is 4.53. The summed E-state index contributed by atoms with van der Waals surface area (Å²) in [6, 6.07) is 7.02. The van der Waals surface area contributed by atoms with E-state index >= 15 is 0 Å². The Bertz CT molecular complexity index is 959. The molecule has 2 fully saturated rings. The van der Waals surface area contributed by atoms with Crippen molar-refractivity contribution in [3.63, 3.8) is 0 Å². The quantitative estimate of drug-likeness (QED) is 0.610. The summed E-state index contributed by atoms with van der Waals surface area (Å²) in [7, 11) is 0. The van der Waals surface area contributed by atoms with Crippen LogP contribution >= 0.6 is 11.6 Å². The van der Waals surface area contributed by atoms with Crippen molar-refractivity contribution in [3.05, 3.63) is 41.2 Å². The van der Waals surface area contributed by atoms with Gasteiger partial charge in [-0.25, -0.2) is 4.79 Å². The van der Waals surface area contributed by atoms with E-state index in [4.69, 9.17) is 21.1 Å². The van der Waals surface area contributed by atoms with Crippen LogP contribution < -0.4 is 9.47 Å². The maximum atomic E-state index is 12.7. The molecule has 0 bridgehead atoms. The van der Waals surface area contributed by atoms with Crippen LogP contribution in [-0.2, 0) is 0 Å². The van der Waals surface area contributed by atoms with Crippen molar-refractivity contribution in [2.75, 3.05) is 19.7 Å². The molecule has 1 aromatic carbocycles. The number of ether oxygens (including phenoxy) is 2. The van der Waals surface area contributed by atoms with E-state index in [1.54, 1.807) is 12.3 Å². The van der Waals surface area contributed by atoms with Crippen molar-refractivity contribution in [2.45, 2.75) is 39.7 Å². The molecule has 1 aromatic heterocycles. The molecule has 2 aromatic rings. The average molecular weight is 446 g/mol. The van der Waals surface area contributed by atoms with Gasteiger partial charge in [0.15, 0.2) is 5.78 Å². The summed E-state index contributed by atoms with van der Waals surface area (Å²) in [6.45, 7) is 7.57. The fraction of sp³-hybridized carbons (Fsp3) is 0.522. The Morgan fingerprint density at radius 2 is 1.84 bits per heavy atom. The minimum absolute atomic E-state index is 0.0686. The van der Waals surface area contributed by atoms with Crippen LogP contribution in [0.5, 0.6) is 11.5 Å². The number of carbonyl (C=O) groups is 2. The maximum Gasteiger partial charge on any atom is 0.344 e. The molecule has 1 saturated heterocycles. The number of benzene rings is 1. The molecule has 1 saturated carbocycles. The molecule has 0 N–H and O–H groups in total. The average Bonchev–Trinajstić information content (AvgIpc) is 3.42. The van der Waals surface area contributed by atoms with Crippen LogP contribution in [0.15, 0.2) is 30.5 Å². The fourth-order valence-corrected chi connectivity index (χ4v) is 4.61. The minimum atomic E-state index is -0.183. The number of Topliss-reactive ketones (excluding diaryl/α,β-unsaturated/α-hetero) is 1. The number of amides is 1. The number of hydrogen-bond donors (Lipinski definition) is 0. The van der Waals surface area contributed by atoms with E-state index in [-0.39, 0.29) is 17.9 Å². The maximum absolute atomic E-state index is 12.7. The zero-order valence-corrected chi connectivity index (χ0v) is 18.8. The molecular formula is C23H28ClN3O4. The molecule has 7 nitrogen and oxygen atoms in total. The summed E-state index contributed by atoms with van der Waals surface area (Å²) in [5.74, 6) is 2.33. The number of carbonyl (C=O) groups excluding carboxylic acids is 2. The monoisotopic (exact) mass is 445 g/mol. The number of hydrogen-bond acceptors (Lipinski definition) is 5. The van der Waals surface area contributed by atoms with Crippen LogP contribution in [0.1, 0.15) is 44.1 Å². The van der Waals surface area contributed by atoms with E-state index in [0.717, 1.165) is 12.8 Å². The smallest absolute Gasteiger partial charge is 0.344 e. The van der Waals surface area contributed by atoms with Crippen LogP contribution in [-0.4, -0.2) is 52.3 Å². The summed E-state index contributed by atoms with van der Waals surface area (Å²) >= 11 is 6.51. The Morgan fingerprint density at radius 1 is 1.16 bits per heavy atom. The number of halogens is 1. The summed E-state index contributed by atoms with van der Waals surface area (Å²) in [5, 5.41) is 4.60. The molecule has 1 amide bonds. The third-order valence-electron chi connectivity index (χ3n) is 5.92. The molecule has 2 aliphatic rings. The van der Waals surface area contributed by atoms with Gasteiger partial charge < -0.3 is 14.4 Å². The molecule has 0 unspecified atom stereocenters. The predicted molar refractivity (Wildman–Crippen MR) is 117 cm³/mol. The van der Waals surface area contributed by atoms with Crippen molar-refractivity contribution in [3.8, 4) is 11.5 Å². The SMILES string of the molecule is CC(=O)c1ccn(C(=O)N2C[C@H]3C[C@H](Oc4cccc(OCC(C)C)c4Cl)C[C@H]3C2)n1. The van der Waals surface area contributed by atoms with Gasteiger partial charge >= 0.3 is 6.03 Å². The van der Waals surface area contributed by atoms with Crippen LogP contribution in [0.3, 0.4) is 0 Å². The highest BCUT2D eigenvalue weighted by Gasteiger charge is 2.43. The largest absolute Gasteiger partial charge is 0.492 e. The van der Waals surface area contributed by atoms with Gasteiger partial charge in [0.1, 0.15) is 22.2 Å². The van der Waals surface area contributed by atoms with E-state index in [0.29, 0.717) is 59.7 Å². The van der Waals surface area contributed by atoms with Crippen LogP contribution in [0.4, 0.5) is 4.79 Å². The topological polar surface area (TPSA) is 73.7 Å². The van der Waals surface area contributed by atoms with Crippen LogP contribution in [0, 0.1) is 17.8 Å². The van der Waals surface area contributed by atoms with E-state index in [1.807, 2.05) is 23.1 Å². The Morgan fingerprint density at radius 3 is 2.45 bits per heavy atom. The molecular weight excluding hydrogens is 418 g/mol. The normalized spacial score (nSPS) is 22.6. The van der Waals surface area contributed by atoms with E-state index in [9.17, 15) is 9.59 Å². The summed E-state index contributed by atoms with van der Waals surface area (Å²) < 4.78 is 13.3. The van der Waals surface area contributed by atoms with Crippen molar-refractivity contribution in [2.24, 2.45) is 17.8 Å². The molecule has 2 heterocycles. The van der Waals surface area contributed by atoms with E-state index < -0.39 is 0 Å². The third kappa shape index (κ3) is 4.71. The zero-order valence-electron chi connectivity index (χ0n) is 18.1. The number of fused-ring (bicyclic) bond motifs is 1. The number of ketones is 1. The van der Waals surface area contributed by atoms with Gasteiger partial charge in [0.25, 0.3) is 0 Å². The minimum Gasteiger partial charge on any atom is -0.492 e. The van der Waals surface area contributed by atoms with Gasteiger partial charge in [-0.2, -0.15) is 9.78 Å². The second-order valence-corrected chi connectivity index (χ2v) is 9.27. The lowest BCUT2D eigenvalue weighted by Crippen LogP contribution is -2.34. The first-order valence-electron chi connectivity index (χ1n) is 10.8. The highest BCUT2D eigenvalue weighted by Crippen LogP contribution is 2.42. The lowest BCUT2D eigenvalue weighted by Gasteiger charge is -2.21. The Kier molecular flexibility index (Phi) is 6.23. The van der Waals surface area contributed by atoms with Gasteiger partial charge in [0, 0.05) is 26.2 Å². The zero-order chi connectivity index (χ0) is 22.1. The second-order valence-electron chi connectivity index (χ2n) is 8.89. The van der Waals surface area contributed by atoms with Gasteiger partial charge in [-0.1, -0.05) is 31.5 Å². The molecule has 4 rings (SSSR count). The first kappa shape index (κ1) is 21.7. The Hall–Kier alpha value is -2.54. The lowest BCUT2D eigenvalue weighted by molar-refractivity contribution is 0.101. The molecule has 31 heavy (non-hydrogen) atoms. The number of rotatable bonds is 6. The fourth-order valence-electron chi connectivity index (χ4n) is 4.39. The van der Waals surface area contributed by atoms with Gasteiger partial charge in [0.2, 0.25) is 0 Å². The Balaban J connectivity index is 1.34. The lowest BCUT2D eigenvalue weighted by atomic mass is 10.0. The number of nitrogens with zero attached hydrogens (tertiary/aromatic N) is 3. The van der Waals surface area contributed by atoms with Crippen molar-refractivity contribution >= 4 is 23.4 Å². The molecule has 0 radical (unpaired) electrons. The summed E-state index contributed by atoms with van der Waals surface area (Å²) in [6.07, 6.45) is 3.37. The Labute approximate surface area is 187 Å². The molecule has 3 atom stereocenters. The number of aromatic nitrogens is 2. The molecule has 166 valence electrons. The molecule has 1 aliphatic heterocycles. The highest BCUT2D eigenvalue weighted by molar-refractivity contribution is 6.33. The van der Waals surface area contributed by atoms with Crippen LogP contribution in [0.2, 0.25) is 5.02 Å². The molecule has 8 heteroatoms. The molecule has 1 aliphatic carbocycles. The van der Waals surface area contributed by atoms with Gasteiger partial charge in [-0.15, -0.1) is 0 Å². The molecule has 0 spiro atoms. The third-order valence-corrected chi connectivity index (χ3v) is 6.29. The first-order valence-corrected chi connectivity index (χ1v) is 11.1. The van der Waals surface area contributed by atoms with Crippen molar-refractivity contribution in [1.29, 1.82) is 0 Å². The van der Waals surface area contributed by atoms with Gasteiger partial charge in [-0.3, -0.25) is 4.79 Å². The van der Waals surface area contributed by atoms with Gasteiger partial charge in [-0.05, 0) is 48.8 Å². The van der Waals surface area contributed by atoms with Crippen molar-refractivity contribution in [1.82, 2.24) is 14.7 Å². The second kappa shape index (κ2) is 8.91.